The average Bonchev–Trinajstić information content (AvgIpc) is 3.52. The van der Waals surface area contributed by atoms with E-state index in [2.05, 4.69) is 0 Å². The Labute approximate surface area is 297 Å². The molecule has 0 bridgehead atoms. The number of rotatable bonds is 8. The topological polar surface area (TPSA) is 68.8 Å². The molecule has 0 aliphatic heterocycles. The molecule has 5 aromatic carbocycles. The molecule has 0 aliphatic rings. The molecule has 0 N–H and O–H groups in total. The Morgan fingerprint density at radius 1 is 0.765 bits per heavy atom. The maximum absolute atomic E-state index is 13.9. The fraction of sp³-hybridized carbons (Fsp3) is 0.0750. The molecule has 0 fully saturated rings. The fourth-order valence-electron chi connectivity index (χ4n) is 6.10. The molecule has 0 unspecified atom stereocenters. The van der Waals surface area contributed by atoms with E-state index in [1.165, 1.54) is 16.6 Å². The van der Waals surface area contributed by atoms with Crippen molar-refractivity contribution in [3.8, 4) is 22.4 Å². The smallest absolute Gasteiger partial charge is 0.416 e. The number of hydrogen-bond acceptors (Lipinski definition) is 5. The van der Waals surface area contributed by atoms with Gasteiger partial charge in [0.25, 0.3) is 0 Å². The van der Waals surface area contributed by atoms with Crippen molar-refractivity contribution < 1.29 is 22.7 Å². The first-order chi connectivity index (χ1) is 24.7. The second kappa shape index (κ2) is 14.0. The molecule has 254 valence electrons. The lowest BCUT2D eigenvalue weighted by molar-refractivity contribution is -0.137. The second-order valence-corrected chi connectivity index (χ2v) is 14.9. The summed E-state index contributed by atoms with van der Waals surface area (Å²) in [4.78, 5) is 18.7. The molecule has 51 heavy (non-hydrogen) atoms. The van der Waals surface area contributed by atoms with E-state index in [0.29, 0.717) is 27.4 Å². The molecule has 6 nitrogen and oxygen atoms in total. The number of carbonyl (C=O) groups excluding carboxylic acids is 1. The summed E-state index contributed by atoms with van der Waals surface area (Å²) in [6.45, 7) is 1.78. The number of nitrogens with zero attached hydrogens (tertiary/aromatic N) is 4. The lowest BCUT2D eigenvalue weighted by Crippen LogP contribution is -2.25. The van der Waals surface area contributed by atoms with Gasteiger partial charge in [-0.1, -0.05) is 133 Å². The van der Waals surface area contributed by atoms with Crippen LogP contribution in [0.3, 0.4) is 0 Å². The predicted molar refractivity (Wildman–Crippen MR) is 197 cm³/mol. The van der Waals surface area contributed by atoms with E-state index in [0.717, 1.165) is 28.0 Å². The third kappa shape index (κ3) is 6.35. The standard InChI is InChI=1S/C40H29ClF3N4O2P/c1-2-50-39(49)35-37(47-51(29-14-6-3-7-15-29,30-16-8-4-9-17-30)31-18-10-5-11-19-31)46-48-36(27-22-24-28(25-23-27)40(42,43)44)33(26-45-38(35)48)32-20-12-13-21-34(32)41/h3-26H,2H2,1H3. The molecule has 0 amide bonds. The Morgan fingerprint density at radius 2 is 1.29 bits per heavy atom. The van der Waals surface area contributed by atoms with Crippen LogP contribution in [0.4, 0.5) is 19.0 Å². The molecule has 2 aromatic heterocycles. The summed E-state index contributed by atoms with van der Waals surface area (Å²) in [6.07, 6.45) is -2.99. The number of benzene rings is 5. The molecule has 0 radical (unpaired) electrons. The van der Waals surface area contributed by atoms with Crippen LogP contribution in [0.1, 0.15) is 22.8 Å². The zero-order valence-corrected chi connectivity index (χ0v) is 28.8. The van der Waals surface area contributed by atoms with E-state index in [1.54, 1.807) is 37.4 Å². The summed E-state index contributed by atoms with van der Waals surface area (Å²) >= 11 is 6.68. The highest BCUT2D eigenvalue weighted by Crippen LogP contribution is 2.50. The van der Waals surface area contributed by atoms with Crippen molar-refractivity contribution in [1.82, 2.24) is 14.6 Å². The Morgan fingerprint density at radius 3 is 1.80 bits per heavy atom. The van der Waals surface area contributed by atoms with Gasteiger partial charge in [-0.15, -0.1) is 5.10 Å². The van der Waals surface area contributed by atoms with E-state index in [-0.39, 0.29) is 23.6 Å². The van der Waals surface area contributed by atoms with E-state index in [4.69, 9.17) is 31.2 Å². The minimum Gasteiger partial charge on any atom is -0.462 e. The highest BCUT2D eigenvalue weighted by Gasteiger charge is 2.33. The molecule has 0 spiro atoms. The Hall–Kier alpha value is -5.50. The molecular weight excluding hydrogens is 692 g/mol. The van der Waals surface area contributed by atoms with Gasteiger partial charge in [0.15, 0.2) is 17.0 Å². The van der Waals surface area contributed by atoms with Crippen molar-refractivity contribution in [2.24, 2.45) is 4.74 Å². The summed E-state index contributed by atoms with van der Waals surface area (Å²) in [5, 5.41) is 8.14. The van der Waals surface area contributed by atoms with Crippen molar-refractivity contribution in [3.05, 3.63) is 162 Å². The number of carbonyl (C=O) groups is 1. The molecule has 7 rings (SSSR count). The summed E-state index contributed by atoms with van der Waals surface area (Å²) in [7, 11) is -2.94. The second-order valence-electron chi connectivity index (χ2n) is 11.5. The lowest BCUT2D eigenvalue weighted by atomic mass is 9.99. The number of halogens is 4. The van der Waals surface area contributed by atoms with Crippen LogP contribution in [-0.4, -0.2) is 27.2 Å². The van der Waals surface area contributed by atoms with Gasteiger partial charge in [-0.2, -0.15) is 13.2 Å². The van der Waals surface area contributed by atoms with Crippen molar-refractivity contribution in [3.63, 3.8) is 0 Å². The van der Waals surface area contributed by atoms with Crippen LogP contribution in [0.2, 0.25) is 5.02 Å². The Bertz CT molecular complexity index is 2300. The SMILES string of the molecule is CCOC(=O)c1c(N=P(c2ccccc2)(c2ccccc2)c2ccccc2)nn2c(-c3ccc(C(F)(F)F)cc3)c(-c3ccccc3Cl)cnc12. The molecule has 0 saturated heterocycles. The van der Waals surface area contributed by atoms with Crippen molar-refractivity contribution in [2.75, 3.05) is 6.61 Å². The highest BCUT2D eigenvalue weighted by molar-refractivity contribution is 7.87. The fourth-order valence-corrected chi connectivity index (χ4v) is 9.81. The first-order valence-electron chi connectivity index (χ1n) is 16.0. The third-order valence-corrected chi connectivity index (χ3v) is 12.3. The van der Waals surface area contributed by atoms with E-state index in [1.807, 2.05) is 91.0 Å². The van der Waals surface area contributed by atoms with Crippen LogP contribution in [0, 0.1) is 0 Å². The Balaban J connectivity index is 1.64. The number of aromatic nitrogens is 3. The number of hydrogen-bond donors (Lipinski definition) is 0. The molecule has 7 aromatic rings. The van der Waals surface area contributed by atoms with Crippen LogP contribution in [0.5, 0.6) is 0 Å². The summed E-state index contributed by atoms with van der Waals surface area (Å²) in [6, 6.07) is 41.4. The first-order valence-corrected chi connectivity index (χ1v) is 18.1. The van der Waals surface area contributed by atoms with Gasteiger partial charge in [0.05, 0.1) is 24.9 Å². The number of alkyl halides is 3. The molecule has 11 heteroatoms. The normalized spacial score (nSPS) is 11.8. The lowest BCUT2D eigenvalue weighted by Gasteiger charge is -2.26. The summed E-state index contributed by atoms with van der Waals surface area (Å²) < 4.78 is 53.5. The van der Waals surface area contributed by atoms with Crippen LogP contribution < -0.4 is 15.9 Å². The van der Waals surface area contributed by atoms with E-state index in [9.17, 15) is 18.0 Å². The molecule has 2 heterocycles. The Kier molecular flexibility index (Phi) is 9.34. The van der Waals surface area contributed by atoms with Gasteiger partial charge in [-0.3, -0.25) is 0 Å². The van der Waals surface area contributed by atoms with Crippen LogP contribution in [0.15, 0.2) is 150 Å². The molecule has 0 atom stereocenters. The monoisotopic (exact) mass is 720 g/mol. The zero-order chi connectivity index (χ0) is 35.6. The minimum atomic E-state index is -4.54. The summed E-state index contributed by atoms with van der Waals surface area (Å²) in [5.41, 5.74) is 1.19. The third-order valence-electron chi connectivity index (χ3n) is 8.39. The van der Waals surface area contributed by atoms with Gasteiger partial charge in [0.2, 0.25) is 0 Å². The van der Waals surface area contributed by atoms with Crippen LogP contribution in [0.25, 0.3) is 28.0 Å². The minimum absolute atomic E-state index is 0.0305. The van der Waals surface area contributed by atoms with Gasteiger partial charge < -0.3 is 4.74 Å². The molecule has 0 aliphatic carbocycles. The summed E-state index contributed by atoms with van der Waals surface area (Å²) in [5.74, 6) is -0.606. The molecule has 0 saturated carbocycles. The zero-order valence-electron chi connectivity index (χ0n) is 27.1. The van der Waals surface area contributed by atoms with Crippen molar-refractivity contribution in [2.45, 2.75) is 13.1 Å². The van der Waals surface area contributed by atoms with Gasteiger partial charge in [-0.05, 0) is 25.1 Å². The highest BCUT2D eigenvalue weighted by atomic mass is 35.5. The number of ether oxygens (including phenoxy) is 1. The van der Waals surface area contributed by atoms with Crippen LogP contribution >= 0.6 is 18.7 Å². The largest absolute Gasteiger partial charge is 0.462 e. The number of esters is 1. The van der Waals surface area contributed by atoms with Gasteiger partial charge >= 0.3 is 12.1 Å². The predicted octanol–water partition coefficient (Wildman–Crippen LogP) is 9.72. The quantitative estimate of drug-likeness (QED) is 0.116. The van der Waals surface area contributed by atoms with Crippen LogP contribution in [-0.2, 0) is 10.9 Å². The maximum atomic E-state index is 13.9. The van der Waals surface area contributed by atoms with E-state index < -0.39 is 24.8 Å². The maximum Gasteiger partial charge on any atom is 0.416 e. The first kappa shape index (κ1) is 34.0. The number of fused-ring (bicyclic) bond motifs is 1. The molecular formula is C40H29ClF3N4O2P. The van der Waals surface area contributed by atoms with E-state index >= 15 is 0 Å². The van der Waals surface area contributed by atoms with Crippen molar-refractivity contribution >= 4 is 52.0 Å². The van der Waals surface area contributed by atoms with Gasteiger partial charge in [-0.25, -0.2) is 19.0 Å². The average molecular weight is 721 g/mol. The van der Waals surface area contributed by atoms with Crippen molar-refractivity contribution in [1.29, 1.82) is 0 Å². The van der Waals surface area contributed by atoms with Gasteiger partial charge in [0, 0.05) is 43.8 Å². The van der Waals surface area contributed by atoms with Gasteiger partial charge in [0.1, 0.15) is 0 Å².